The Labute approximate surface area is 121 Å². The molecule has 7 heteroatoms. The molecule has 21 heavy (non-hydrogen) atoms. The quantitative estimate of drug-likeness (QED) is 0.629. The lowest BCUT2D eigenvalue weighted by molar-refractivity contribution is 0.0697. The summed E-state index contributed by atoms with van der Waals surface area (Å²) in [6.07, 6.45) is 1.68. The molecule has 0 spiro atoms. The van der Waals surface area contributed by atoms with E-state index < -0.39 is 12.0 Å². The number of nitrogens with zero attached hydrogens (tertiary/aromatic N) is 1. The van der Waals surface area contributed by atoms with E-state index >= 15 is 0 Å². The second-order valence-electron chi connectivity index (χ2n) is 5.10. The van der Waals surface area contributed by atoms with Gasteiger partial charge in [0.05, 0.1) is 11.3 Å². The number of amides is 2. The van der Waals surface area contributed by atoms with Gasteiger partial charge in [-0.2, -0.15) is 0 Å². The standard InChI is InChI=1S/C14H18N2O5/c17-8-9-2-1-5-16(7-9)14(21)15-12-4-3-10(18)6-11(12)13(19)20/h3-4,6,9,17-18H,1-2,5,7-8H2,(H,15,21)(H,19,20). The van der Waals surface area contributed by atoms with Crippen LogP contribution in [-0.4, -0.2) is 51.9 Å². The number of anilines is 1. The van der Waals surface area contributed by atoms with E-state index in [2.05, 4.69) is 5.32 Å². The molecule has 1 aromatic rings. The van der Waals surface area contributed by atoms with E-state index in [1.54, 1.807) is 4.90 Å². The maximum atomic E-state index is 12.2. The smallest absolute Gasteiger partial charge is 0.337 e. The number of carbonyl (C=O) groups is 2. The Balaban J connectivity index is 2.11. The van der Waals surface area contributed by atoms with Crippen LogP contribution < -0.4 is 5.32 Å². The van der Waals surface area contributed by atoms with E-state index in [9.17, 15) is 14.7 Å². The van der Waals surface area contributed by atoms with Crippen molar-refractivity contribution in [2.75, 3.05) is 25.0 Å². The van der Waals surface area contributed by atoms with Gasteiger partial charge in [-0.15, -0.1) is 0 Å². The summed E-state index contributed by atoms with van der Waals surface area (Å²) in [4.78, 5) is 24.8. The Kier molecular flexibility index (Phi) is 4.64. The third-order valence-electron chi connectivity index (χ3n) is 3.54. The van der Waals surface area contributed by atoms with Crippen LogP contribution in [0.1, 0.15) is 23.2 Å². The number of carbonyl (C=O) groups excluding carboxylic acids is 1. The predicted molar refractivity (Wildman–Crippen MR) is 75.5 cm³/mol. The Morgan fingerprint density at radius 3 is 2.81 bits per heavy atom. The minimum Gasteiger partial charge on any atom is -0.508 e. The van der Waals surface area contributed by atoms with Crippen LogP contribution in [0.3, 0.4) is 0 Å². The topological polar surface area (TPSA) is 110 Å². The molecule has 0 bridgehead atoms. The molecule has 114 valence electrons. The van der Waals surface area contributed by atoms with Crippen LogP contribution in [0.4, 0.5) is 10.5 Å². The Bertz CT molecular complexity index is 546. The van der Waals surface area contributed by atoms with Crippen LogP contribution >= 0.6 is 0 Å². The van der Waals surface area contributed by atoms with Crippen LogP contribution in [0.5, 0.6) is 5.75 Å². The number of carboxylic acids is 1. The largest absolute Gasteiger partial charge is 0.508 e. The Hall–Kier alpha value is -2.28. The van der Waals surface area contributed by atoms with E-state index in [4.69, 9.17) is 10.2 Å². The lowest BCUT2D eigenvalue weighted by Crippen LogP contribution is -2.43. The maximum Gasteiger partial charge on any atom is 0.337 e. The van der Waals surface area contributed by atoms with E-state index in [0.717, 1.165) is 18.9 Å². The number of aromatic hydroxyl groups is 1. The minimum atomic E-state index is -1.23. The SMILES string of the molecule is O=C(O)c1cc(O)ccc1NC(=O)N1CCCC(CO)C1. The van der Waals surface area contributed by atoms with Gasteiger partial charge in [-0.3, -0.25) is 0 Å². The number of hydrogen-bond donors (Lipinski definition) is 4. The van der Waals surface area contributed by atoms with Crippen molar-refractivity contribution in [3.8, 4) is 5.75 Å². The van der Waals surface area contributed by atoms with E-state index in [1.807, 2.05) is 0 Å². The molecule has 1 heterocycles. The van der Waals surface area contributed by atoms with Crippen molar-refractivity contribution in [2.24, 2.45) is 5.92 Å². The van der Waals surface area contributed by atoms with Crippen molar-refractivity contribution >= 4 is 17.7 Å². The van der Waals surface area contributed by atoms with Gasteiger partial charge in [0.25, 0.3) is 0 Å². The first kappa shape index (κ1) is 15.1. The Morgan fingerprint density at radius 1 is 1.38 bits per heavy atom. The first-order chi connectivity index (χ1) is 10.0. The molecule has 0 aliphatic carbocycles. The summed E-state index contributed by atoms with van der Waals surface area (Å²) >= 11 is 0. The molecule has 2 rings (SSSR count). The molecule has 2 amide bonds. The third-order valence-corrected chi connectivity index (χ3v) is 3.54. The number of piperidine rings is 1. The lowest BCUT2D eigenvalue weighted by atomic mass is 9.99. The number of nitrogens with one attached hydrogen (secondary N) is 1. The number of urea groups is 1. The molecule has 1 fully saturated rings. The number of aromatic carboxylic acids is 1. The molecule has 1 aromatic carbocycles. The molecule has 1 aliphatic heterocycles. The first-order valence-electron chi connectivity index (χ1n) is 6.74. The van der Waals surface area contributed by atoms with Gasteiger partial charge >= 0.3 is 12.0 Å². The summed E-state index contributed by atoms with van der Waals surface area (Å²) in [6, 6.07) is 3.35. The maximum absolute atomic E-state index is 12.2. The summed E-state index contributed by atoms with van der Waals surface area (Å²) in [5.74, 6) is -1.35. The van der Waals surface area contributed by atoms with Gasteiger partial charge in [-0.1, -0.05) is 0 Å². The zero-order valence-electron chi connectivity index (χ0n) is 11.5. The first-order valence-corrected chi connectivity index (χ1v) is 6.74. The average molecular weight is 294 g/mol. The number of aliphatic hydroxyl groups is 1. The number of rotatable bonds is 3. The number of phenols is 1. The van der Waals surface area contributed by atoms with Gasteiger partial charge in [0.1, 0.15) is 5.75 Å². The molecule has 1 atom stereocenters. The molecule has 0 radical (unpaired) electrons. The molecule has 4 N–H and O–H groups in total. The van der Waals surface area contributed by atoms with Crippen LogP contribution in [0.2, 0.25) is 0 Å². The minimum absolute atomic E-state index is 0.0311. The number of aliphatic hydroxyl groups excluding tert-OH is 1. The fraction of sp³-hybridized carbons (Fsp3) is 0.429. The highest BCUT2D eigenvalue weighted by Gasteiger charge is 2.24. The fourth-order valence-electron chi connectivity index (χ4n) is 2.41. The van der Waals surface area contributed by atoms with Crippen molar-refractivity contribution in [1.82, 2.24) is 4.90 Å². The monoisotopic (exact) mass is 294 g/mol. The highest BCUT2D eigenvalue weighted by molar-refractivity contribution is 6.00. The molecule has 1 saturated heterocycles. The highest BCUT2D eigenvalue weighted by atomic mass is 16.4. The van der Waals surface area contributed by atoms with Crippen LogP contribution in [0, 0.1) is 5.92 Å². The van der Waals surface area contributed by atoms with E-state index in [1.165, 1.54) is 12.1 Å². The molecule has 1 unspecified atom stereocenters. The molecular formula is C14H18N2O5. The number of phenolic OH excluding ortho intramolecular Hbond substituents is 1. The van der Waals surface area contributed by atoms with Crippen LogP contribution in [0.15, 0.2) is 18.2 Å². The van der Waals surface area contributed by atoms with Crippen molar-refractivity contribution in [2.45, 2.75) is 12.8 Å². The van der Waals surface area contributed by atoms with Gasteiger partial charge in [0.2, 0.25) is 0 Å². The number of carboxylic acid groups (broad SMARTS) is 1. The normalized spacial score (nSPS) is 18.3. The summed E-state index contributed by atoms with van der Waals surface area (Å²) in [5.41, 5.74) is -0.0320. The van der Waals surface area contributed by atoms with E-state index in [0.29, 0.717) is 13.1 Å². The van der Waals surface area contributed by atoms with Gasteiger partial charge in [0.15, 0.2) is 0 Å². The second kappa shape index (κ2) is 6.45. The van der Waals surface area contributed by atoms with Crippen molar-refractivity contribution in [3.05, 3.63) is 23.8 Å². The van der Waals surface area contributed by atoms with Crippen molar-refractivity contribution < 1.29 is 24.9 Å². The Morgan fingerprint density at radius 2 is 2.14 bits per heavy atom. The zero-order valence-corrected chi connectivity index (χ0v) is 11.5. The lowest BCUT2D eigenvalue weighted by Gasteiger charge is -2.31. The predicted octanol–water partition coefficient (Wildman–Crippen LogP) is 1.33. The number of hydrogen-bond acceptors (Lipinski definition) is 4. The van der Waals surface area contributed by atoms with Crippen LogP contribution in [-0.2, 0) is 0 Å². The molecular weight excluding hydrogens is 276 g/mol. The highest BCUT2D eigenvalue weighted by Crippen LogP contribution is 2.23. The second-order valence-corrected chi connectivity index (χ2v) is 5.10. The summed E-state index contributed by atoms with van der Waals surface area (Å²) in [5, 5.41) is 30.1. The molecule has 0 aromatic heterocycles. The average Bonchev–Trinajstić information content (AvgIpc) is 2.48. The number of benzene rings is 1. The molecule has 0 saturated carbocycles. The van der Waals surface area contributed by atoms with Gasteiger partial charge in [-0.25, -0.2) is 9.59 Å². The molecule has 7 nitrogen and oxygen atoms in total. The summed E-state index contributed by atoms with van der Waals surface area (Å²) in [6.45, 7) is 1.05. The van der Waals surface area contributed by atoms with Crippen LogP contribution in [0.25, 0.3) is 0 Å². The summed E-state index contributed by atoms with van der Waals surface area (Å²) in [7, 11) is 0. The fourth-order valence-corrected chi connectivity index (χ4v) is 2.41. The van der Waals surface area contributed by atoms with Gasteiger partial charge in [-0.05, 0) is 37.0 Å². The third kappa shape index (κ3) is 3.63. The van der Waals surface area contributed by atoms with Gasteiger partial charge < -0.3 is 25.5 Å². The van der Waals surface area contributed by atoms with Crippen molar-refractivity contribution in [3.63, 3.8) is 0 Å². The van der Waals surface area contributed by atoms with E-state index in [-0.39, 0.29) is 29.5 Å². The zero-order chi connectivity index (χ0) is 15.4. The molecule has 1 aliphatic rings. The van der Waals surface area contributed by atoms with Crippen molar-refractivity contribution in [1.29, 1.82) is 0 Å². The number of likely N-dealkylation sites (tertiary alicyclic amines) is 1. The van der Waals surface area contributed by atoms with Gasteiger partial charge in [0, 0.05) is 19.7 Å². The summed E-state index contributed by atoms with van der Waals surface area (Å²) < 4.78 is 0.